The molecule has 0 aliphatic rings. The lowest BCUT2D eigenvalue weighted by atomic mass is 10.1. The molecule has 0 aliphatic heterocycles. The Hall–Kier alpha value is -1.03. The van der Waals surface area contributed by atoms with Crippen LogP contribution in [0.2, 0.25) is 0 Å². The first-order valence-electron chi connectivity index (χ1n) is 9.16. The molecule has 0 rings (SSSR count). The Balaban J connectivity index is 3.73. The number of carboxylic acid groups (broad SMARTS) is 1. The van der Waals surface area contributed by atoms with E-state index in [1.807, 2.05) is 27.2 Å². The van der Waals surface area contributed by atoms with Crippen LogP contribution in [0.15, 0.2) is 12.3 Å². The fraction of sp³-hybridized carbons (Fsp3) is 0.842. The number of nitrogens with zero attached hydrogens (tertiary/aromatic N) is 1. The van der Waals surface area contributed by atoms with Crippen LogP contribution in [0.4, 0.5) is 0 Å². The lowest BCUT2D eigenvalue weighted by molar-refractivity contribution is -0.873. The molecule has 0 saturated heterocycles. The zero-order chi connectivity index (χ0) is 17.6. The SMILES string of the molecule is CCCCCCCCCCC=COC(CC(=O)[O-])C[N+](C)(C)C. The zero-order valence-electron chi connectivity index (χ0n) is 15.7. The number of carbonyl (C=O) groups excluding carboxylic acids is 1. The van der Waals surface area contributed by atoms with E-state index in [1.165, 1.54) is 51.4 Å². The molecule has 4 heteroatoms. The van der Waals surface area contributed by atoms with Crippen LogP contribution in [-0.4, -0.2) is 44.2 Å². The van der Waals surface area contributed by atoms with Crippen LogP contribution in [0.1, 0.15) is 71.1 Å². The largest absolute Gasteiger partial charge is 0.550 e. The molecule has 1 unspecified atom stereocenters. The predicted molar refractivity (Wildman–Crippen MR) is 93.8 cm³/mol. The maximum atomic E-state index is 10.8. The molecule has 0 saturated carbocycles. The molecule has 1 atom stereocenters. The maximum Gasteiger partial charge on any atom is 0.152 e. The molecule has 23 heavy (non-hydrogen) atoms. The van der Waals surface area contributed by atoms with Gasteiger partial charge in [0.1, 0.15) is 6.54 Å². The van der Waals surface area contributed by atoms with Crippen molar-refractivity contribution < 1.29 is 19.1 Å². The normalized spacial score (nSPS) is 13.4. The molecular weight excluding hydrogens is 290 g/mol. The van der Waals surface area contributed by atoms with E-state index in [0.29, 0.717) is 11.0 Å². The van der Waals surface area contributed by atoms with E-state index in [9.17, 15) is 9.90 Å². The Kier molecular flexibility index (Phi) is 12.8. The Bertz CT molecular complexity index is 321. The number of allylic oxidation sites excluding steroid dienone is 1. The van der Waals surface area contributed by atoms with Crippen LogP contribution in [-0.2, 0) is 9.53 Å². The highest BCUT2D eigenvalue weighted by Crippen LogP contribution is 2.10. The van der Waals surface area contributed by atoms with Crippen LogP contribution in [0, 0.1) is 0 Å². The number of ether oxygens (including phenoxy) is 1. The molecule has 0 aromatic heterocycles. The molecule has 0 spiro atoms. The van der Waals surface area contributed by atoms with E-state index in [4.69, 9.17) is 4.74 Å². The standard InChI is InChI=1S/C19H37NO3/c1-5-6-7-8-9-10-11-12-13-14-15-23-18(16-19(21)22)17-20(2,3)4/h14-15,18H,5-13,16-17H2,1-4H3. The molecule has 0 bridgehead atoms. The van der Waals surface area contributed by atoms with Gasteiger partial charge in [0, 0.05) is 12.4 Å². The summed E-state index contributed by atoms with van der Waals surface area (Å²) in [7, 11) is 6.07. The second kappa shape index (κ2) is 13.4. The molecule has 0 aromatic carbocycles. The van der Waals surface area contributed by atoms with Gasteiger partial charge in [-0.3, -0.25) is 0 Å². The summed E-state index contributed by atoms with van der Waals surface area (Å²) in [6.45, 7) is 2.89. The number of unbranched alkanes of at least 4 members (excludes halogenated alkanes) is 8. The molecule has 0 aliphatic carbocycles. The summed E-state index contributed by atoms with van der Waals surface area (Å²) in [5, 5.41) is 10.8. The molecule has 0 amide bonds. The van der Waals surface area contributed by atoms with Crippen molar-refractivity contribution >= 4 is 5.97 Å². The molecule has 4 nitrogen and oxygen atoms in total. The number of hydrogen-bond donors (Lipinski definition) is 0. The van der Waals surface area contributed by atoms with Crippen molar-refractivity contribution in [2.45, 2.75) is 77.2 Å². The first-order valence-corrected chi connectivity index (χ1v) is 9.16. The highest BCUT2D eigenvalue weighted by molar-refractivity contribution is 5.64. The zero-order valence-corrected chi connectivity index (χ0v) is 15.7. The summed E-state index contributed by atoms with van der Waals surface area (Å²) in [5.41, 5.74) is 0. The van der Waals surface area contributed by atoms with Crippen LogP contribution >= 0.6 is 0 Å². The minimum atomic E-state index is -1.06. The van der Waals surface area contributed by atoms with Crippen molar-refractivity contribution in [3.8, 4) is 0 Å². The van der Waals surface area contributed by atoms with E-state index in [1.54, 1.807) is 6.26 Å². The van der Waals surface area contributed by atoms with Crippen molar-refractivity contribution in [2.24, 2.45) is 0 Å². The molecule has 0 fully saturated rings. The Morgan fingerprint density at radius 1 is 1.04 bits per heavy atom. The molecule has 136 valence electrons. The molecule has 0 N–H and O–H groups in total. The highest BCUT2D eigenvalue weighted by Gasteiger charge is 2.18. The van der Waals surface area contributed by atoms with Gasteiger partial charge in [0.15, 0.2) is 6.10 Å². The Morgan fingerprint density at radius 3 is 2.13 bits per heavy atom. The first kappa shape index (κ1) is 22.0. The number of quaternary nitrogens is 1. The van der Waals surface area contributed by atoms with Crippen molar-refractivity contribution in [3.05, 3.63) is 12.3 Å². The third kappa shape index (κ3) is 17.2. The number of hydrogen-bond acceptors (Lipinski definition) is 3. The van der Waals surface area contributed by atoms with Crippen molar-refractivity contribution in [1.29, 1.82) is 0 Å². The van der Waals surface area contributed by atoms with Gasteiger partial charge in [0.25, 0.3) is 0 Å². The number of rotatable bonds is 15. The summed E-state index contributed by atoms with van der Waals surface area (Å²) in [4.78, 5) is 10.8. The topological polar surface area (TPSA) is 49.4 Å². The van der Waals surface area contributed by atoms with E-state index in [0.717, 1.165) is 6.42 Å². The van der Waals surface area contributed by atoms with Crippen molar-refractivity contribution in [1.82, 2.24) is 0 Å². The van der Waals surface area contributed by atoms with E-state index < -0.39 is 5.97 Å². The minimum absolute atomic E-state index is 0.0579. The van der Waals surface area contributed by atoms with Gasteiger partial charge in [-0.05, 0) is 18.9 Å². The van der Waals surface area contributed by atoms with E-state index >= 15 is 0 Å². The first-order chi connectivity index (χ1) is 10.8. The lowest BCUT2D eigenvalue weighted by Gasteiger charge is -2.28. The van der Waals surface area contributed by atoms with Crippen molar-refractivity contribution in [2.75, 3.05) is 27.7 Å². The quantitative estimate of drug-likeness (QED) is 0.263. The van der Waals surface area contributed by atoms with E-state index in [-0.39, 0.29) is 12.5 Å². The van der Waals surface area contributed by atoms with Crippen LogP contribution in [0.25, 0.3) is 0 Å². The molecule has 0 aromatic rings. The van der Waals surface area contributed by atoms with Gasteiger partial charge in [-0.25, -0.2) is 0 Å². The molecule has 0 radical (unpaired) electrons. The van der Waals surface area contributed by atoms with Crippen LogP contribution in [0.5, 0.6) is 0 Å². The average Bonchev–Trinajstić information content (AvgIpc) is 2.42. The summed E-state index contributed by atoms with van der Waals surface area (Å²) in [6, 6.07) is 0. The van der Waals surface area contributed by atoms with Crippen LogP contribution < -0.4 is 5.11 Å². The van der Waals surface area contributed by atoms with Gasteiger partial charge in [0.05, 0.1) is 27.4 Å². The Morgan fingerprint density at radius 2 is 1.61 bits per heavy atom. The predicted octanol–water partition coefficient (Wildman–Crippen LogP) is 3.26. The third-order valence-corrected chi connectivity index (χ3v) is 3.74. The van der Waals surface area contributed by atoms with Gasteiger partial charge < -0.3 is 19.1 Å². The monoisotopic (exact) mass is 327 g/mol. The van der Waals surface area contributed by atoms with E-state index in [2.05, 4.69) is 6.92 Å². The number of aliphatic carboxylic acids is 1. The minimum Gasteiger partial charge on any atom is -0.550 e. The van der Waals surface area contributed by atoms with Gasteiger partial charge in [-0.1, -0.05) is 51.9 Å². The number of carbonyl (C=O) groups is 1. The number of likely N-dealkylation sites (N-methyl/N-ethyl adjacent to an activating group) is 1. The van der Waals surface area contributed by atoms with Gasteiger partial charge in [-0.2, -0.15) is 0 Å². The third-order valence-electron chi connectivity index (χ3n) is 3.74. The summed E-state index contributed by atoms with van der Waals surface area (Å²) in [5.74, 6) is -1.06. The molecular formula is C19H37NO3. The van der Waals surface area contributed by atoms with Gasteiger partial charge >= 0.3 is 0 Å². The highest BCUT2D eigenvalue weighted by atomic mass is 16.5. The smallest absolute Gasteiger partial charge is 0.152 e. The second-order valence-electron chi connectivity index (χ2n) is 7.44. The van der Waals surface area contributed by atoms with Crippen molar-refractivity contribution in [3.63, 3.8) is 0 Å². The van der Waals surface area contributed by atoms with Gasteiger partial charge in [-0.15, -0.1) is 0 Å². The fourth-order valence-electron chi connectivity index (χ4n) is 2.58. The summed E-state index contributed by atoms with van der Waals surface area (Å²) >= 11 is 0. The summed E-state index contributed by atoms with van der Waals surface area (Å²) in [6.07, 6.45) is 14.8. The lowest BCUT2D eigenvalue weighted by Crippen LogP contribution is -2.44. The Labute approximate surface area is 143 Å². The number of carboxylic acids is 1. The van der Waals surface area contributed by atoms with Gasteiger partial charge in [0.2, 0.25) is 0 Å². The average molecular weight is 328 g/mol. The fourth-order valence-corrected chi connectivity index (χ4v) is 2.58. The second-order valence-corrected chi connectivity index (χ2v) is 7.44. The molecule has 0 heterocycles. The maximum absolute atomic E-state index is 10.8. The van der Waals surface area contributed by atoms with Crippen LogP contribution in [0.3, 0.4) is 0 Å². The summed E-state index contributed by atoms with van der Waals surface area (Å²) < 4.78 is 6.25.